The fraction of sp³-hybridized carbons (Fsp3) is 0.734. The van der Waals surface area contributed by atoms with Crippen molar-refractivity contribution in [3.8, 4) is 0 Å². The number of nitrogens with zero attached hydrogens (tertiary/aromatic N) is 1. The zero-order valence-electron chi connectivity index (χ0n) is 47.8. The molecule has 0 radical (unpaired) electrons. The van der Waals surface area contributed by atoms with Gasteiger partial charge in [-0.25, -0.2) is 4.79 Å². The van der Waals surface area contributed by atoms with Crippen LogP contribution in [0.15, 0.2) is 85.1 Å². The van der Waals surface area contributed by atoms with Gasteiger partial charge in [-0.1, -0.05) is 227 Å². The molecule has 0 fully saturated rings. The quantitative estimate of drug-likeness (QED) is 0.0211. The summed E-state index contributed by atoms with van der Waals surface area (Å²) in [6, 6.07) is 0. The van der Waals surface area contributed by atoms with Gasteiger partial charge in [-0.05, 0) is 89.9 Å². The predicted octanol–water partition coefficient (Wildman–Crippen LogP) is 17.6. The Morgan fingerprint density at radius 2 is 0.781 bits per heavy atom. The van der Waals surface area contributed by atoms with E-state index in [4.69, 9.17) is 18.9 Å². The first-order valence-electron chi connectivity index (χ1n) is 29.8. The lowest BCUT2D eigenvalue weighted by Crippen LogP contribution is -2.40. The second kappa shape index (κ2) is 54.7. The zero-order valence-corrected chi connectivity index (χ0v) is 47.8. The Balaban J connectivity index is 4.17. The number of carboxylic acids is 1. The van der Waals surface area contributed by atoms with E-state index in [9.17, 15) is 19.5 Å². The first kappa shape index (κ1) is 69.5. The molecule has 73 heavy (non-hydrogen) atoms. The van der Waals surface area contributed by atoms with Gasteiger partial charge in [0.05, 0.1) is 34.4 Å². The number of hydrogen-bond donors (Lipinski definition) is 1. The normalized spacial score (nSPS) is 13.4. The molecule has 2 atom stereocenters. The summed E-state index contributed by atoms with van der Waals surface area (Å²) in [5.41, 5.74) is 0. The van der Waals surface area contributed by atoms with Gasteiger partial charge in [-0.15, -0.1) is 0 Å². The summed E-state index contributed by atoms with van der Waals surface area (Å²) in [6.45, 7) is 4.73. The largest absolute Gasteiger partial charge is 0.477 e. The molecule has 9 heteroatoms. The fourth-order valence-electron chi connectivity index (χ4n) is 8.07. The summed E-state index contributed by atoms with van der Waals surface area (Å²) in [7, 11) is 5.95. The highest BCUT2D eigenvalue weighted by Gasteiger charge is 2.25. The number of allylic oxidation sites excluding steroid dienone is 14. The third-order valence-corrected chi connectivity index (χ3v) is 12.6. The first-order valence-corrected chi connectivity index (χ1v) is 29.8. The molecule has 1 N–H and O–H groups in total. The predicted molar refractivity (Wildman–Crippen MR) is 309 cm³/mol. The van der Waals surface area contributed by atoms with Crippen LogP contribution in [-0.2, 0) is 33.3 Å². The van der Waals surface area contributed by atoms with Crippen molar-refractivity contribution in [3.05, 3.63) is 85.1 Å². The van der Waals surface area contributed by atoms with Gasteiger partial charge in [0.25, 0.3) is 6.29 Å². The molecule has 0 aliphatic rings. The molecule has 420 valence electrons. The molecular weight excluding hydrogens is 911 g/mol. The van der Waals surface area contributed by atoms with E-state index in [1.165, 1.54) is 128 Å². The molecule has 0 rings (SSSR count). The van der Waals surface area contributed by atoms with Crippen molar-refractivity contribution in [2.45, 2.75) is 257 Å². The Labute approximate surface area is 449 Å². The van der Waals surface area contributed by atoms with Crippen molar-refractivity contribution < 1.29 is 42.9 Å². The van der Waals surface area contributed by atoms with E-state index in [1.54, 1.807) is 0 Å². The number of quaternary nitrogens is 1. The fourth-order valence-corrected chi connectivity index (χ4v) is 8.07. The van der Waals surface area contributed by atoms with Crippen molar-refractivity contribution in [2.75, 3.05) is 47.5 Å². The number of esters is 2. The van der Waals surface area contributed by atoms with Crippen LogP contribution in [0.2, 0.25) is 0 Å². The minimum atomic E-state index is -1.52. The third-order valence-electron chi connectivity index (χ3n) is 12.6. The Morgan fingerprint density at radius 1 is 0.425 bits per heavy atom. The van der Waals surface area contributed by atoms with Gasteiger partial charge in [0.15, 0.2) is 6.10 Å². The van der Waals surface area contributed by atoms with Crippen molar-refractivity contribution in [1.29, 1.82) is 0 Å². The maximum absolute atomic E-state index is 12.8. The summed E-state index contributed by atoms with van der Waals surface area (Å²) in [5, 5.41) is 9.70. The van der Waals surface area contributed by atoms with Crippen LogP contribution in [0.25, 0.3) is 0 Å². The maximum atomic E-state index is 12.8. The van der Waals surface area contributed by atoms with Crippen molar-refractivity contribution in [2.24, 2.45) is 0 Å². The Hall–Kier alpha value is -3.53. The van der Waals surface area contributed by atoms with Gasteiger partial charge in [-0.2, -0.15) is 0 Å². The van der Waals surface area contributed by atoms with E-state index in [-0.39, 0.29) is 32.2 Å². The molecule has 0 aromatic carbocycles. The SMILES string of the molecule is CC/C=C\C/C=C\C/C=C\C/C=C\CCCCCCC(=O)OC(COC(=O)CCCCCCCCCCCCCCCCCC/C=C\C/C=C\C/C=C\CCCCCCC)COC(OCC[N+](C)(C)C)C(=O)O. The highest BCUT2D eigenvalue weighted by Crippen LogP contribution is 2.16. The molecule has 0 aromatic rings. The van der Waals surface area contributed by atoms with Gasteiger partial charge in [-0.3, -0.25) is 9.59 Å². The second-order valence-electron chi connectivity index (χ2n) is 20.9. The molecule has 9 nitrogen and oxygen atoms in total. The smallest absolute Gasteiger partial charge is 0.361 e. The van der Waals surface area contributed by atoms with Crippen LogP contribution >= 0.6 is 0 Å². The highest BCUT2D eigenvalue weighted by atomic mass is 16.7. The lowest BCUT2D eigenvalue weighted by atomic mass is 10.0. The van der Waals surface area contributed by atoms with Crippen molar-refractivity contribution in [3.63, 3.8) is 0 Å². The van der Waals surface area contributed by atoms with E-state index < -0.39 is 24.3 Å². The minimum absolute atomic E-state index is 0.179. The Morgan fingerprint density at radius 3 is 1.16 bits per heavy atom. The molecule has 0 saturated heterocycles. The number of aliphatic carboxylic acids is 1. The monoisotopic (exact) mass is 1020 g/mol. The van der Waals surface area contributed by atoms with Crippen LogP contribution in [0.3, 0.4) is 0 Å². The minimum Gasteiger partial charge on any atom is -0.477 e. The van der Waals surface area contributed by atoms with Gasteiger partial charge >= 0.3 is 17.9 Å². The lowest BCUT2D eigenvalue weighted by molar-refractivity contribution is -0.870. The average molecular weight is 1020 g/mol. The van der Waals surface area contributed by atoms with E-state index in [0.717, 1.165) is 83.5 Å². The molecule has 0 bridgehead atoms. The van der Waals surface area contributed by atoms with Crippen LogP contribution in [0, 0.1) is 0 Å². The van der Waals surface area contributed by atoms with E-state index in [1.807, 2.05) is 21.1 Å². The molecule has 2 unspecified atom stereocenters. The standard InChI is InChI=1S/C64H111NO8/c1-6-8-10-12-14-16-18-20-22-24-25-26-27-28-29-30-31-32-33-34-35-36-37-39-40-42-44-46-48-50-52-54-61(66)71-58-60(59-72-64(63(68)69)70-57-56-65(3,4)5)73-62(67)55-53-51-49-47-45-43-41-38-23-21-19-17-15-13-11-9-7-2/h9,11,15,17-18,20-21,23-25,27-28,41,43,60,64H,6-8,10,12-14,16,19,22,26,29-40,42,44-59H2,1-5H3/p+1/b11-9-,17-15-,20-18-,23-21-,25-24-,28-27-,43-41-. The number of carboxylic acid groups (broad SMARTS) is 1. The van der Waals surface area contributed by atoms with Gasteiger partial charge in [0, 0.05) is 12.8 Å². The van der Waals surface area contributed by atoms with Crippen LogP contribution in [-0.4, -0.2) is 87.4 Å². The Bertz CT molecular complexity index is 1470. The second-order valence-corrected chi connectivity index (χ2v) is 20.9. The molecule has 0 aliphatic heterocycles. The average Bonchev–Trinajstić information content (AvgIpc) is 3.36. The van der Waals surface area contributed by atoms with Crippen LogP contribution in [0.5, 0.6) is 0 Å². The van der Waals surface area contributed by atoms with Crippen LogP contribution in [0.4, 0.5) is 0 Å². The molecule has 0 amide bonds. The zero-order chi connectivity index (χ0) is 53.4. The Kier molecular flexibility index (Phi) is 52.1. The summed E-state index contributed by atoms with van der Waals surface area (Å²) >= 11 is 0. The number of hydrogen-bond acceptors (Lipinski definition) is 7. The van der Waals surface area contributed by atoms with Crippen molar-refractivity contribution in [1.82, 2.24) is 0 Å². The maximum Gasteiger partial charge on any atom is 0.361 e. The number of ether oxygens (including phenoxy) is 4. The topological polar surface area (TPSA) is 108 Å². The van der Waals surface area contributed by atoms with Gasteiger partial charge in [0.2, 0.25) is 0 Å². The van der Waals surface area contributed by atoms with Crippen LogP contribution < -0.4 is 0 Å². The summed E-state index contributed by atoms with van der Waals surface area (Å²) < 4.78 is 22.8. The van der Waals surface area contributed by atoms with E-state index in [0.29, 0.717) is 23.9 Å². The summed E-state index contributed by atoms with van der Waals surface area (Å²) in [6.07, 6.45) is 69.6. The van der Waals surface area contributed by atoms with Crippen LogP contribution in [0.1, 0.15) is 245 Å². The number of carbonyl (C=O) groups is 3. The first-order chi connectivity index (χ1) is 35.6. The number of rotatable bonds is 54. The molecule has 0 aliphatic carbocycles. The summed E-state index contributed by atoms with van der Waals surface area (Å²) in [5.74, 6) is -2.04. The third kappa shape index (κ3) is 56.0. The van der Waals surface area contributed by atoms with Gasteiger partial charge in [0.1, 0.15) is 13.2 Å². The lowest BCUT2D eigenvalue weighted by Gasteiger charge is -2.25. The number of likely N-dealkylation sites (N-methyl/N-ethyl adjacent to an activating group) is 1. The highest BCUT2D eigenvalue weighted by molar-refractivity contribution is 5.71. The van der Waals surface area contributed by atoms with E-state index >= 15 is 0 Å². The molecule has 0 aromatic heterocycles. The van der Waals surface area contributed by atoms with Crippen molar-refractivity contribution >= 4 is 17.9 Å². The number of carbonyl (C=O) groups excluding carboxylic acids is 2. The van der Waals surface area contributed by atoms with Gasteiger partial charge < -0.3 is 28.5 Å². The molecule has 0 spiro atoms. The number of unbranched alkanes of at least 4 members (excludes halogenated alkanes) is 25. The summed E-state index contributed by atoms with van der Waals surface area (Å²) in [4.78, 5) is 37.4. The van der Waals surface area contributed by atoms with E-state index in [2.05, 4.69) is 98.9 Å². The molecular formula is C64H112NO8+. The molecule has 0 heterocycles. The molecule has 0 saturated carbocycles.